The van der Waals surface area contributed by atoms with E-state index in [-0.39, 0.29) is 23.4 Å². The van der Waals surface area contributed by atoms with Crippen LogP contribution >= 0.6 is 11.3 Å². The topological polar surface area (TPSA) is 54.9 Å². The average Bonchev–Trinajstić information content (AvgIpc) is 2.75. The van der Waals surface area contributed by atoms with E-state index in [1.165, 1.54) is 12.1 Å². The number of hydrogen-bond donors (Lipinski definition) is 1. The average molecular weight is 297 g/mol. The van der Waals surface area contributed by atoms with Gasteiger partial charge in [0.15, 0.2) is 0 Å². The van der Waals surface area contributed by atoms with Gasteiger partial charge in [0.25, 0.3) is 5.91 Å². The highest BCUT2D eigenvalue weighted by Gasteiger charge is 2.14. The van der Waals surface area contributed by atoms with E-state index in [9.17, 15) is 13.6 Å². The highest BCUT2D eigenvalue weighted by molar-refractivity contribution is 7.13. The van der Waals surface area contributed by atoms with Gasteiger partial charge in [-0.15, -0.1) is 10.2 Å². The second kappa shape index (κ2) is 6.04. The molecule has 1 amide bonds. The van der Waals surface area contributed by atoms with Crippen LogP contribution in [0.2, 0.25) is 0 Å². The van der Waals surface area contributed by atoms with Crippen molar-refractivity contribution in [1.82, 2.24) is 15.5 Å². The molecule has 1 N–H and O–H groups in total. The van der Waals surface area contributed by atoms with Crippen molar-refractivity contribution in [1.29, 1.82) is 0 Å². The van der Waals surface area contributed by atoms with Crippen LogP contribution in [-0.4, -0.2) is 22.1 Å². The zero-order valence-electron chi connectivity index (χ0n) is 11.0. The molecule has 1 aromatic heterocycles. The van der Waals surface area contributed by atoms with Crippen molar-refractivity contribution >= 4 is 17.2 Å². The molecule has 4 nitrogen and oxygen atoms in total. The van der Waals surface area contributed by atoms with Gasteiger partial charge in [-0.25, -0.2) is 8.78 Å². The smallest absolute Gasteiger partial charge is 0.282 e. The highest BCUT2D eigenvalue weighted by Crippen LogP contribution is 2.16. The van der Waals surface area contributed by atoms with E-state index in [1.807, 2.05) is 13.8 Å². The molecule has 0 aliphatic carbocycles. The maximum absolute atomic E-state index is 13.1. The van der Waals surface area contributed by atoms with Gasteiger partial charge in [0, 0.05) is 18.5 Å². The van der Waals surface area contributed by atoms with Crippen LogP contribution in [0.25, 0.3) is 0 Å². The minimum atomic E-state index is -0.637. The molecule has 2 aromatic rings. The lowest BCUT2D eigenvalue weighted by Gasteiger charge is -2.04. The fourth-order valence-corrected chi connectivity index (χ4v) is 2.41. The molecule has 0 unspecified atom stereocenters. The van der Waals surface area contributed by atoms with Crippen LogP contribution < -0.4 is 5.32 Å². The van der Waals surface area contributed by atoms with E-state index in [0.29, 0.717) is 10.6 Å². The van der Waals surface area contributed by atoms with Gasteiger partial charge in [0.1, 0.15) is 16.6 Å². The van der Waals surface area contributed by atoms with Crippen LogP contribution in [0.4, 0.5) is 8.78 Å². The molecule has 2 rings (SSSR count). The SMILES string of the molecule is CC(C)NC(=O)c1nnc(Cc2cc(F)cc(F)c2)s1. The Morgan fingerprint density at radius 2 is 1.90 bits per heavy atom. The summed E-state index contributed by atoms with van der Waals surface area (Å²) in [5, 5.41) is 11.1. The van der Waals surface area contributed by atoms with Crippen LogP contribution in [0, 0.1) is 11.6 Å². The zero-order chi connectivity index (χ0) is 14.7. The van der Waals surface area contributed by atoms with Gasteiger partial charge >= 0.3 is 0 Å². The van der Waals surface area contributed by atoms with Gasteiger partial charge in [-0.2, -0.15) is 0 Å². The summed E-state index contributed by atoms with van der Waals surface area (Å²) in [4.78, 5) is 11.7. The maximum atomic E-state index is 13.1. The minimum Gasteiger partial charge on any atom is -0.348 e. The number of carbonyl (C=O) groups is 1. The number of rotatable bonds is 4. The van der Waals surface area contributed by atoms with Crippen molar-refractivity contribution < 1.29 is 13.6 Å². The molecule has 0 bridgehead atoms. The summed E-state index contributed by atoms with van der Waals surface area (Å²) in [6.07, 6.45) is 0.237. The molecule has 0 aliphatic rings. The molecule has 0 aliphatic heterocycles. The third kappa shape index (κ3) is 3.80. The molecular formula is C13H13F2N3OS. The Labute approximate surface area is 118 Å². The van der Waals surface area contributed by atoms with Crippen molar-refractivity contribution in [2.45, 2.75) is 26.3 Å². The third-order valence-corrected chi connectivity index (χ3v) is 3.28. The Morgan fingerprint density at radius 3 is 2.50 bits per heavy atom. The van der Waals surface area contributed by atoms with Crippen LogP contribution in [-0.2, 0) is 6.42 Å². The molecule has 1 aromatic carbocycles. The molecule has 1 heterocycles. The number of benzene rings is 1. The molecule has 0 atom stereocenters. The monoisotopic (exact) mass is 297 g/mol. The van der Waals surface area contributed by atoms with E-state index in [1.54, 1.807) is 0 Å². The summed E-state index contributed by atoms with van der Waals surface area (Å²) in [5.74, 6) is -1.57. The molecular weight excluding hydrogens is 284 g/mol. The normalized spacial score (nSPS) is 10.8. The third-order valence-electron chi connectivity index (χ3n) is 2.36. The second-order valence-electron chi connectivity index (χ2n) is 4.58. The van der Waals surface area contributed by atoms with Gasteiger partial charge in [0.2, 0.25) is 5.01 Å². The second-order valence-corrected chi connectivity index (χ2v) is 5.65. The summed E-state index contributed by atoms with van der Waals surface area (Å²) in [7, 11) is 0. The molecule has 0 saturated heterocycles. The predicted octanol–water partition coefficient (Wildman–Crippen LogP) is 2.55. The Bertz CT molecular complexity index is 608. The number of amides is 1. The Balaban J connectivity index is 2.11. The Morgan fingerprint density at radius 1 is 1.25 bits per heavy atom. The van der Waals surface area contributed by atoms with Crippen LogP contribution in [0.3, 0.4) is 0 Å². The minimum absolute atomic E-state index is 0.00663. The van der Waals surface area contributed by atoms with Crippen molar-refractivity contribution in [2.24, 2.45) is 0 Å². The number of nitrogens with zero attached hydrogens (tertiary/aromatic N) is 2. The van der Waals surface area contributed by atoms with Gasteiger partial charge in [-0.1, -0.05) is 11.3 Å². The largest absolute Gasteiger partial charge is 0.348 e. The quantitative estimate of drug-likeness (QED) is 0.943. The Kier molecular flexibility index (Phi) is 4.39. The summed E-state index contributed by atoms with van der Waals surface area (Å²) in [6, 6.07) is 3.29. The van der Waals surface area contributed by atoms with Crippen LogP contribution in [0.15, 0.2) is 18.2 Å². The van der Waals surface area contributed by atoms with Crippen molar-refractivity contribution in [3.05, 3.63) is 45.4 Å². The number of aromatic nitrogens is 2. The van der Waals surface area contributed by atoms with Crippen molar-refractivity contribution in [2.75, 3.05) is 0 Å². The van der Waals surface area contributed by atoms with E-state index >= 15 is 0 Å². The molecule has 20 heavy (non-hydrogen) atoms. The first-order valence-corrected chi connectivity index (χ1v) is 6.84. The lowest BCUT2D eigenvalue weighted by atomic mass is 10.1. The number of carbonyl (C=O) groups excluding carboxylic acids is 1. The maximum Gasteiger partial charge on any atom is 0.282 e. The number of nitrogens with one attached hydrogen (secondary N) is 1. The lowest BCUT2D eigenvalue weighted by molar-refractivity contribution is 0.0942. The van der Waals surface area contributed by atoms with Crippen LogP contribution in [0.1, 0.15) is 34.2 Å². The fraction of sp³-hybridized carbons (Fsp3) is 0.308. The Hall–Kier alpha value is -1.89. The van der Waals surface area contributed by atoms with Crippen molar-refractivity contribution in [3.8, 4) is 0 Å². The predicted molar refractivity (Wildman–Crippen MR) is 71.7 cm³/mol. The summed E-state index contributed by atoms with van der Waals surface area (Å²) < 4.78 is 26.1. The molecule has 7 heteroatoms. The van der Waals surface area contributed by atoms with E-state index in [4.69, 9.17) is 0 Å². The van der Waals surface area contributed by atoms with Crippen LogP contribution in [0.5, 0.6) is 0 Å². The number of hydrogen-bond acceptors (Lipinski definition) is 4. The summed E-state index contributed by atoms with van der Waals surface area (Å²) >= 11 is 1.11. The van der Waals surface area contributed by atoms with E-state index in [2.05, 4.69) is 15.5 Å². The molecule has 0 radical (unpaired) electrons. The lowest BCUT2D eigenvalue weighted by Crippen LogP contribution is -2.29. The first-order valence-electron chi connectivity index (χ1n) is 6.02. The molecule has 0 spiro atoms. The first kappa shape index (κ1) is 14.5. The number of halogens is 2. The summed E-state index contributed by atoms with van der Waals surface area (Å²) in [6.45, 7) is 3.69. The molecule has 106 valence electrons. The van der Waals surface area contributed by atoms with E-state index < -0.39 is 11.6 Å². The first-order chi connectivity index (χ1) is 9.44. The standard InChI is InChI=1S/C13H13F2N3OS/c1-7(2)16-12(19)13-18-17-11(20-13)5-8-3-9(14)6-10(15)4-8/h3-4,6-7H,5H2,1-2H3,(H,16,19). The van der Waals surface area contributed by atoms with Gasteiger partial charge < -0.3 is 5.32 Å². The van der Waals surface area contributed by atoms with Crippen molar-refractivity contribution in [3.63, 3.8) is 0 Å². The fourth-order valence-electron chi connectivity index (χ4n) is 1.63. The van der Waals surface area contributed by atoms with Gasteiger partial charge in [0.05, 0.1) is 0 Å². The van der Waals surface area contributed by atoms with Gasteiger partial charge in [-0.3, -0.25) is 4.79 Å². The molecule has 0 saturated carbocycles. The molecule has 0 fully saturated rings. The zero-order valence-corrected chi connectivity index (χ0v) is 11.8. The van der Waals surface area contributed by atoms with Gasteiger partial charge in [-0.05, 0) is 31.5 Å². The highest BCUT2D eigenvalue weighted by atomic mass is 32.1. The summed E-state index contributed by atoms with van der Waals surface area (Å²) in [5.41, 5.74) is 0.453. The van der Waals surface area contributed by atoms with E-state index in [0.717, 1.165) is 17.4 Å².